The number of nitrogens with two attached hydrogens (primary N) is 1. The third-order valence-electron chi connectivity index (χ3n) is 2.49. The van der Waals surface area contributed by atoms with Crippen molar-refractivity contribution in [1.29, 1.82) is 0 Å². The first kappa shape index (κ1) is 16.1. The highest BCUT2D eigenvalue weighted by Crippen LogP contribution is 2.18. The second-order valence-corrected chi connectivity index (χ2v) is 5.03. The van der Waals surface area contributed by atoms with Gasteiger partial charge in [-0.25, -0.2) is 9.37 Å². The van der Waals surface area contributed by atoms with Gasteiger partial charge in [-0.1, -0.05) is 20.8 Å². The number of nitrogens with one attached hydrogen (secondary N) is 1. The van der Waals surface area contributed by atoms with Crippen LogP contribution in [0.5, 0.6) is 0 Å². The van der Waals surface area contributed by atoms with Crippen LogP contribution in [0.3, 0.4) is 0 Å². The summed E-state index contributed by atoms with van der Waals surface area (Å²) in [4.78, 5) is 20.7. The van der Waals surface area contributed by atoms with Crippen LogP contribution in [0.4, 0.5) is 16.2 Å². The molecule has 0 aliphatic carbocycles. The zero-order valence-electron chi connectivity index (χ0n) is 12.2. The van der Waals surface area contributed by atoms with Gasteiger partial charge in [-0.05, 0) is 12.3 Å². The SMILES string of the molecule is CCCNc1ncc(F)c(N(CC(N)=O)CC(C)C)n1. The van der Waals surface area contributed by atoms with Crippen molar-refractivity contribution in [2.75, 3.05) is 29.9 Å². The molecule has 1 aromatic heterocycles. The Labute approximate surface area is 118 Å². The minimum absolute atomic E-state index is 0.0701. The van der Waals surface area contributed by atoms with Crippen LogP contribution in [0.1, 0.15) is 27.2 Å². The van der Waals surface area contributed by atoms with Crippen molar-refractivity contribution in [2.24, 2.45) is 11.7 Å². The molecule has 0 aliphatic rings. The highest BCUT2D eigenvalue weighted by Gasteiger charge is 2.18. The van der Waals surface area contributed by atoms with Crippen LogP contribution >= 0.6 is 0 Å². The van der Waals surface area contributed by atoms with Crippen molar-refractivity contribution < 1.29 is 9.18 Å². The van der Waals surface area contributed by atoms with Crippen molar-refractivity contribution in [3.63, 3.8) is 0 Å². The van der Waals surface area contributed by atoms with Gasteiger partial charge in [-0.15, -0.1) is 0 Å². The van der Waals surface area contributed by atoms with Gasteiger partial charge in [0.15, 0.2) is 11.6 Å². The number of aromatic nitrogens is 2. The molecule has 0 unspecified atom stereocenters. The van der Waals surface area contributed by atoms with Gasteiger partial charge in [0.1, 0.15) is 0 Å². The first-order chi connectivity index (χ1) is 9.43. The predicted molar refractivity (Wildman–Crippen MR) is 77.0 cm³/mol. The maximum absolute atomic E-state index is 13.9. The van der Waals surface area contributed by atoms with Gasteiger partial charge in [0, 0.05) is 13.1 Å². The monoisotopic (exact) mass is 283 g/mol. The fraction of sp³-hybridized carbons (Fsp3) is 0.615. The molecule has 3 N–H and O–H groups in total. The highest BCUT2D eigenvalue weighted by molar-refractivity contribution is 5.79. The van der Waals surface area contributed by atoms with Gasteiger partial charge in [0.2, 0.25) is 11.9 Å². The molecule has 0 atom stereocenters. The van der Waals surface area contributed by atoms with E-state index in [0.717, 1.165) is 12.6 Å². The Morgan fingerprint density at radius 2 is 2.25 bits per heavy atom. The van der Waals surface area contributed by atoms with E-state index in [2.05, 4.69) is 15.3 Å². The molecule has 1 amide bonds. The number of primary amides is 1. The second kappa shape index (κ2) is 7.62. The molecular weight excluding hydrogens is 261 g/mol. The third kappa shape index (κ3) is 4.99. The van der Waals surface area contributed by atoms with E-state index in [1.54, 1.807) is 4.90 Å². The second-order valence-electron chi connectivity index (χ2n) is 5.03. The lowest BCUT2D eigenvalue weighted by molar-refractivity contribution is -0.116. The Bertz CT molecular complexity index is 452. The topological polar surface area (TPSA) is 84.1 Å². The lowest BCUT2D eigenvalue weighted by Crippen LogP contribution is -2.37. The molecule has 1 rings (SSSR count). The minimum Gasteiger partial charge on any atom is -0.368 e. The molecular formula is C13H22FN5O. The van der Waals surface area contributed by atoms with Crippen LogP contribution in [0.25, 0.3) is 0 Å². The normalized spacial score (nSPS) is 10.7. The van der Waals surface area contributed by atoms with Crippen LogP contribution in [-0.2, 0) is 4.79 Å². The number of anilines is 2. The lowest BCUT2D eigenvalue weighted by Gasteiger charge is -2.24. The van der Waals surface area contributed by atoms with Crippen LogP contribution in [-0.4, -0.2) is 35.5 Å². The Morgan fingerprint density at radius 3 is 2.80 bits per heavy atom. The van der Waals surface area contributed by atoms with Gasteiger partial charge >= 0.3 is 0 Å². The van der Waals surface area contributed by atoms with E-state index < -0.39 is 11.7 Å². The van der Waals surface area contributed by atoms with E-state index >= 15 is 0 Å². The maximum Gasteiger partial charge on any atom is 0.237 e. The highest BCUT2D eigenvalue weighted by atomic mass is 19.1. The molecule has 0 aliphatic heterocycles. The predicted octanol–water partition coefficient (Wildman–Crippen LogP) is 1.39. The smallest absolute Gasteiger partial charge is 0.237 e. The van der Waals surface area contributed by atoms with Gasteiger partial charge in [0.05, 0.1) is 12.7 Å². The molecule has 0 spiro atoms. The number of carbonyl (C=O) groups excluding carboxylic acids is 1. The lowest BCUT2D eigenvalue weighted by atomic mass is 10.2. The summed E-state index contributed by atoms with van der Waals surface area (Å²) in [5.41, 5.74) is 5.21. The summed E-state index contributed by atoms with van der Waals surface area (Å²) in [6, 6.07) is 0. The van der Waals surface area contributed by atoms with E-state index in [9.17, 15) is 9.18 Å². The fourth-order valence-corrected chi connectivity index (χ4v) is 1.76. The van der Waals surface area contributed by atoms with Crippen LogP contribution in [0.15, 0.2) is 6.20 Å². The molecule has 0 radical (unpaired) electrons. The van der Waals surface area contributed by atoms with Crippen molar-refractivity contribution in [3.8, 4) is 0 Å². The van der Waals surface area contributed by atoms with Crippen LogP contribution < -0.4 is 16.0 Å². The average molecular weight is 283 g/mol. The maximum atomic E-state index is 13.9. The molecule has 112 valence electrons. The first-order valence-corrected chi connectivity index (χ1v) is 6.73. The summed E-state index contributed by atoms with van der Waals surface area (Å²) in [5.74, 6) is -0.385. The summed E-state index contributed by atoms with van der Waals surface area (Å²) in [6.45, 7) is 7.08. The number of amides is 1. The largest absolute Gasteiger partial charge is 0.368 e. The van der Waals surface area contributed by atoms with Crippen LogP contribution in [0.2, 0.25) is 0 Å². The zero-order valence-corrected chi connectivity index (χ0v) is 12.2. The molecule has 20 heavy (non-hydrogen) atoms. The standard InChI is InChI=1S/C13H22FN5O/c1-4-5-16-13-17-6-10(14)12(18-13)19(7-9(2)3)8-11(15)20/h6,9H,4-5,7-8H2,1-3H3,(H2,15,20)(H,16,17,18). The molecule has 1 heterocycles. The summed E-state index contributed by atoms with van der Waals surface area (Å²) in [7, 11) is 0. The molecule has 0 fully saturated rings. The first-order valence-electron chi connectivity index (χ1n) is 6.73. The summed E-state index contributed by atoms with van der Waals surface area (Å²) < 4.78 is 13.9. The van der Waals surface area contributed by atoms with Crippen molar-refractivity contribution >= 4 is 17.7 Å². The third-order valence-corrected chi connectivity index (χ3v) is 2.49. The van der Waals surface area contributed by atoms with E-state index in [1.165, 1.54) is 0 Å². The molecule has 7 heteroatoms. The number of hydrogen-bond donors (Lipinski definition) is 2. The van der Waals surface area contributed by atoms with Gasteiger partial charge in [0.25, 0.3) is 0 Å². The number of rotatable bonds is 8. The van der Waals surface area contributed by atoms with Crippen molar-refractivity contribution in [1.82, 2.24) is 9.97 Å². The van der Waals surface area contributed by atoms with E-state index in [1.807, 2.05) is 20.8 Å². The molecule has 0 bridgehead atoms. The van der Waals surface area contributed by atoms with Crippen molar-refractivity contribution in [3.05, 3.63) is 12.0 Å². The quantitative estimate of drug-likeness (QED) is 0.753. The van der Waals surface area contributed by atoms with Gasteiger partial charge in [-0.3, -0.25) is 4.79 Å². The molecule has 6 nitrogen and oxygen atoms in total. The van der Waals surface area contributed by atoms with Gasteiger partial charge < -0.3 is 16.0 Å². The number of nitrogens with zero attached hydrogens (tertiary/aromatic N) is 3. The molecule has 1 aromatic rings. The number of halogens is 1. The minimum atomic E-state index is -0.561. The Balaban J connectivity index is 3.00. The van der Waals surface area contributed by atoms with E-state index in [4.69, 9.17) is 5.73 Å². The van der Waals surface area contributed by atoms with Gasteiger partial charge in [-0.2, -0.15) is 4.98 Å². The zero-order chi connectivity index (χ0) is 15.1. The Morgan fingerprint density at radius 1 is 1.55 bits per heavy atom. The number of carbonyl (C=O) groups is 1. The Kier molecular flexibility index (Phi) is 6.14. The number of hydrogen-bond acceptors (Lipinski definition) is 5. The van der Waals surface area contributed by atoms with Crippen molar-refractivity contribution in [2.45, 2.75) is 27.2 Å². The molecule has 0 saturated carbocycles. The molecule has 0 saturated heterocycles. The summed E-state index contributed by atoms with van der Waals surface area (Å²) in [6.07, 6.45) is 2.02. The Hall–Kier alpha value is -1.92. The summed E-state index contributed by atoms with van der Waals surface area (Å²) >= 11 is 0. The fourth-order valence-electron chi connectivity index (χ4n) is 1.76. The van der Waals surface area contributed by atoms with E-state index in [0.29, 0.717) is 19.0 Å². The average Bonchev–Trinajstić information content (AvgIpc) is 2.36. The molecule has 0 aromatic carbocycles. The summed E-state index contributed by atoms with van der Waals surface area (Å²) in [5, 5.41) is 2.99. The van der Waals surface area contributed by atoms with Crippen LogP contribution in [0, 0.1) is 11.7 Å². The van der Waals surface area contributed by atoms with E-state index in [-0.39, 0.29) is 18.3 Å².